The molecule has 0 amide bonds. The number of halogens is 2. The monoisotopic (exact) mass is 874 g/mol. The number of aromatic nitrogens is 4. The van der Waals surface area contributed by atoms with E-state index in [1.165, 1.54) is 48.4 Å². The Labute approximate surface area is 343 Å². The van der Waals surface area contributed by atoms with Gasteiger partial charge in [-0.15, -0.1) is 11.8 Å². The van der Waals surface area contributed by atoms with Gasteiger partial charge >= 0.3 is 0 Å². The normalized spacial score (nSPS) is 12.9. The summed E-state index contributed by atoms with van der Waals surface area (Å²) in [6.07, 6.45) is 6.53. The first kappa shape index (κ1) is 44.9. The predicted octanol–water partition coefficient (Wildman–Crippen LogP) is 8.14. The summed E-state index contributed by atoms with van der Waals surface area (Å²) in [6, 6.07) is 12.1. The highest BCUT2D eigenvalue weighted by Gasteiger charge is 2.27. The lowest BCUT2D eigenvalue weighted by atomic mass is 10.1. The number of sulfonamides is 2. The van der Waals surface area contributed by atoms with Gasteiger partial charge in [0.15, 0.2) is 9.84 Å². The number of nitrogens with zero attached hydrogens (tertiary/aromatic N) is 2. The zero-order valence-electron chi connectivity index (χ0n) is 33.9. The summed E-state index contributed by atoms with van der Waals surface area (Å²) in [7, 11) is -11.2. The summed E-state index contributed by atoms with van der Waals surface area (Å²) in [5.74, 6) is -0.707. The van der Waals surface area contributed by atoms with Crippen molar-refractivity contribution in [2.45, 2.75) is 98.9 Å². The molecular formula is C40H48F2N6O6S4. The number of H-pyrrole nitrogens is 2. The molecule has 6 rings (SSSR count). The van der Waals surface area contributed by atoms with E-state index >= 15 is 0 Å². The fraction of sp³-hybridized carbons (Fsp3) is 0.350. The third-order valence-electron chi connectivity index (χ3n) is 8.66. The number of hydrogen-bond donors (Lipinski definition) is 4. The van der Waals surface area contributed by atoms with Gasteiger partial charge in [0, 0.05) is 56.4 Å². The van der Waals surface area contributed by atoms with Gasteiger partial charge in [-0.05, 0) is 120 Å². The summed E-state index contributed by atoms with van der Waals surface area (Å²) in [5, 5.41) is 1.03. The van der Waals surface area contributed by atoms with Crippen LogP contribution < -0.4 is 9.44 Å². The first-order valence-electron chi connectivity index (χ1n) is 18.2. The molecular weight excluding hydrogens is 827 g/mol. The van der Waals surface area contributed by atoms with Crippen LogP contribution >= 0.6 is 11.8 Å². The van der Waals surface area contributed by atoms with Crippen LogP contribution in [-0.2, 0) is 42.7 Å². The van der Waals surface area contributed by atoms with Gasteiger partial charge in [-0.25, -0.2) is 43.5 Å². The molecule has 312 valence electrons. The fourth-order valence-corrected chi connectivity index (χ4v) is 10.8. The molecule has 0 fully saturated rings. The number of benzene rings is 2. The number of sulfone groups is 1. The van der Waals surface area contributed by atoms with E-state index in [9.17, 15) is 34.0 Å². The lowest BCUT2D eigenvalue weighted by Gasteiger charge is -2.20. The molecule has 6 aromatic rings. The zero-order valence-corrected chi connectivity index (χ0v) is 37.2. The summed E-state index contributed by atoms with van der Waals surface area (Å²) in [4.78, 5) is 15.7. The molecule has 0 aliphatic carbocycles. The van der Waals surface area contributed by atoms with E-state index < -0.39 is 46.8 Å². The number of aromatic amines is 2. The van der Waals surface area contributed by atoms with Gasteiger partial charge in [0.2, 0.25) is 20.0 Å². The molecule has 18 heteroatoms. The van der Waals surface area contributed by atoms with Crippen molar-refractivity contribution in [1.29, 1.82) is 0 Å². The Morgan fingerprint density at radius 1 is 0.655 bits per heavy atom. The first-order valence-corrected chi connectivity index (χ1v) is 24.3. The summed E-state index contributed by atoms with van der Waals surface area (Å²) >= 11 is 1.50. The van der Waals surface area contributed by atoms with Crippen molar-refractivity contribution in [1.82, 2.24) is 29.4 Å². The van der Waals surface area contributed by atoms with E-state index in [1.54, 1.807) is 66.7 Å². The largest absolute Gasteiger partial charge is 0.352 e. The first-order chi connectivity index (χ1) is 26.8. The molecule has 0 bridgehead atoms. The minimum atomic E-state index is -3.79. The smallest absolute Gasteiger partial charge is 0.242 e. The number of aryl methyl sites for hydroxylation is 2. The Balaban J connectivity index is 0.000000221. The Hall–Kier alpha value is -4.20. The molecule has 0 atom stereocenters. The molecule has 4 aromatic heterocycles. The van der Waals surface area contributed by atoms with E-state index in [1.807, 2.05) is 19.2 Å². The maximum atomic E-state index is 14.3. The van der Waals surface area contributed by atoms with E-state index in [0.717, 1.165) is 27.7 Å². The highest BCUT2D eigenvalue weighted by Crippen LogP contribution is 2.38. The van der Waals surface area contributed by atoms with Crippen molar-refractivity contribution in [3.63, 3.8) is 0 Å². The van der Waals surface area contributed by atoms with Crippen LogP contribution in [-0.4, -0.2) is 68.8 Å². The standard InChI is InChI=1S/C20H24FN3O4S2.C20H24FN3O2S2/c1-6-12-9-17-14(10-15(12)21)19(29(5,25)26)18(23-17)16-8-7-13(11-22-16)30(27,28)24-20(2,3)4;1-6-12-9-17-14(10-15(12)21)19(27-5)18(23-17)16-8-7-13(11-22-16)28(25,26)24-20(2,3)4/h7-11,23-24H,6H2,1-5H3;7-11,23-24H,6H2,1-5H3. The Bertz CT molecular complexity index is 2830. The molecule has 4 N–H and O–H groups in total. The van der Waals surface area contributed by atoms with Gasteiger partial charge in [0.1, 0.15) is 26.3 Å². The molecule has 0 aliphatic heterocycles. The van der Waals surface area contributed by atoms with Crippen molar-refractivity contribution in [2.24, 2.45) is 0 Å². The summed E-state index contributed by atoms with van der Waals surface area (Å²) in [5.41, 5.74) is 2.95. The molecule has 4 heterocycles. The van der Waals surface area contributed by atoms with Gasteiger partial charge < -0.3 is 9.97 Å². The Morgan fingerprint density at radius 2 is 1.07 bits per heavy atom. The molecule has 12 nitrogen and oxygen atoms in total. The number of rotatable bonds is 10. The summed E-state index contributed by atoms with van der Waals surface area (Å²) in [6.45, 7) is 14.2. The van der Waals surface area contributed by atoms with Crippen LogP contribution in [0.5, 0.6) is 0 Å². The maximum absolute atomic E-state index is 14.3. The molecule has 0 aliphatic rings. The van der Waals surface area contributed by atoms with Crippen LogP contribution in [0.15, 0.2) is 80.5 Å². The Morgan fingerprint density at radius 3 is 1.45 bits per heavy atom. The second kappa shape index (κ2) is 16.5. The van der Waals surface area contributed by atoms with Crippen molar-refractivity contribution >= 4 is 63.5 Å². The van der Waals surface area contributed by atoms with Crippen LogP contribution in [0.2, 0.25) is 0 Å². The van der Waals surface area contributed by atoms with Crippen LogP contribution in [0.4, 0.5) is 8.78 Å². The van der Waals surface area contributed by atoms with Crippen molar-refractivity contribution < 1.29 is 34.0 Å². The second-order valence-electron chi connectivity index (χ2n) is 15.8. The van der Waals surface area contributed by atoms with Crippen molar-refractivity contribution in [2.75, 3.05) is 12.5 Å². The summed E-state index contributed by atoms with van der Waals surface area (Å²) < 4.78 is 109. The third kappa shape index (κ3) is 9.97. The number of thioether (sulfide) groups is 1. The highest BCUT2D eigenvalue weighted by atomic mass is 32.2. The van der Waals surface area contributed by atoms with E-state index in [0.29, 0.717) is 35.2 Å². The van der Waals surface area contributed by atoms with Crippen molar-refractivity contribution in [3.8, 4) is 22.8 Å². The van der Waals surface area contributed by atoms with Crippen LogP contribution in [0.25, 0.3) is 44.6 Å². The molecule has 0 spiro atoms. The van der Waals surface area contributed by atoms with Gasteiger partial charge in [0.25, 0.3) is 0 Å². The molecule has 0 unspecified atom stereocenters. The minimum absolute atomic E-state index is 0.0440. The number of pyridine rings is 2. The van der Waals surface area contributed by atoms with E-state index in [-0.39, 0.29) is 37.3 Å². The van der Waals surface area contributed by atoms with Crippen LogP contribution in [0.3, 0.4) is 0 Å². The second-order valence-corrected chi connectivity index (χ2v) is 21.9. The average molecular weight is 875 g/mol. The quantitative estimate of drug-likeness (QED) is 0.0987. The molecule has 0 saturated carbocycles. The van der Waals surface area contributed by atoms with Gasteiger partial charge in [0.05, 0.1) is 22.8 Å². The zero-order chi connectivity index (χ0) is 43.2. The molecule has 58 heavy (non-hydrogen) atoms. The number of fused-ring (bicyclic) bond motifs is 2. The lowest BCUT2D eigenvalue weighted by molar-refractivity contribution is 0.489. The van der Waals surface area contributed by atoms with Gasteiger partial charge in [-0.2, -0.15) is 0 Å². The minimum Gasteiger partial charge on any atom is -0.352 e. The maximum Gasteiger partial charge on any atom is 0.242 e. The average Bonchev–Trinajstić information content (AvgIpc) is 3.67. The van der Waals surface area contributed by atoms with Crippen molar-refractivity contribution in [3.05, 3.63) is 83.7 Å². The predicted molar refractivity (Wildman–Crippen MR) is 227 cm³/mol. The molecule has 0 saturated heterocycles. The Kier molecular flexibility index (Phi) is 12.7. The van der Waals surface area contributed by atoms with Gasteiger partial charge in [-0.3, -0.25) is 9.97 Å². The van der Waals surface area contributed by atoms with Crippen LogP contribution in [0, 0.1) is 11.6 Å². The number of hydrogen-bond acceptors (Lipinski definition) is 9. The van der Waals surface area contributed by atoms with Crippen LogP contribution in [0.1, 0.15) is 66.5 Å². The SMILES string of the molecule is CCc1cc2[nH]c(-c3ccc(S(=O)(=O)NC(C)(C)C)cn3)c(S(C)(=O)=O)c2cc1F.CCc1cc2[nH]c(-c3ccc(S(=O)(=O)NC(C)(C)C)cn3)c(SC)c2cc1F. The van der Waals surface area contributed by atoms with E-state index in [4.69, 9.17) is 0 Å². The fourth-order valence-electron chi connectivity index (χ4n) is 6.27. The highest BCUT2D eigenvalue weighted by molar-refractivity contribution is 7.99. The van der Waals surface area contributed by atoms with Gasteiger partial charge in [-0.1, -0.05) is 13.8 Å². The number of nitrogens with one attached hydrogen (secondary N) is 4. The molecule has 0 radical (unpaired) electrons. The van der Waals surface area contributed by atoms with E-state index in [2.05, 4.69) is 29.4 Å². The molecule has 2 aromatic carbocycles. The third-order valence-corrected chi connectivity index (χ3v) is 14.1. The lowest BCUT2D eigenvalue weighted by Crippen LogP contribution is -2.40. The topological polar surface area (TPSA) is 184 Å².